The van der Waals surface area contributed by atoms with Crippen LogP contribution in [0.15, 0.2) is 24.3 Å². The van der Waals surface area contributed by atoms with Crippen LogP contribution < -0.4 is 10.5 Å². The molecule has 0 saturated carbocycles. The first-order chi connectivity index (χ1) is 9.69. The molecule has 0 spiro atoms. The van der Waals surface area contributed by atoms with E-state index in [0.29, 0.717) is 0 Å². The molecule has 1 aliphatic heterocycles. The zero-order valence-corrected chi connectivity index (χ0v) is 12.5. The molecule has 1 unspecified atom stereocenters. The molecule has 0 radical (unpaired) electrons. The molecule has 1 aromatic rings. The van der Waals surface area contributed by atoms with E-state index in [9.17, 15) is 0 Å². The molecule has 0 amide bonds. The van der Waals surface area contributed by atoms with Gasteiger partial charge in [-0.15, -0.1) is 0 Å². The highest BCUT2D eigenvalue weighted by Crippen LogP contribution is 2.19. The van der Waals surface area contributed by atoms with Gasteiger partial charge in [0, 0.05) is 32.3 Å². The Morgan fingerprint density at radius 2 is 1.95 bits per heavy atom. The molecule has 4 heteroatoms. The van der Waals surface area contributed by atoms with Crippen LogP contribution in [0.3, 0.4) is 0 Å². The van der Waals surface area contributed by atoms with E-state index >= 15 is 0 Å². The lowest BCUT2D eigenvalue weighted by Gasteiger charge is -2.28. The topological polar surface area (TPSA) is 47.7 Å². The van der Waals surface area contributed by atoms with E-state index in [2.05, 4.69) is 11.9 Å². The molecule has 0 bridgehead atoms. The predicted molar refractivity (Wildman–Crippen MR) is 81.0 cm³/mol. The molecule has 4 nitrogen and oxygen atoms in total. The van der Waals surface area contributed by atoms with Crippen LogP contribution >= 0.6 is 0 Å². The smallest absolute Gasteiger partial charge is 0.118 e. The molecule has 112 valence electrons. The van der Waals surface area contributed by atoms with Gasteiger partial charge in [-0.3, -0.25) is 0 Å². The van der Waals surface area contributed by atoms with Crippen LogP contribution in [-0.2, 0) is 4.74 Å². The summed E-state index contributed by atoms with van der Waals surface area (Å²) in [7, 11) is 3.83. The summed E-state index contributed by atoms with van der Waals surface area (Å²) in [5.41, 5.74) is 7.44. The molecular weight excluding hydrogens is 252 g/mol. The molecule has 1 aliphatic rings. The molecule has 1 fully saturated rings. The summed E-state index contributed by atoms with van der Waals surface area (Å²) in [4.78, 5) is 2.34. The molecule has 0 aliphatic carbocycles. The molecule has 1 heterocycles. The second-order valence-electron chi connectivity index (χ2n) is 5.66. The van der Waals surface area contributed by atoms with Crippen LogP contribution in [0.2, 0.25) is 0 Å². The lowest BCUT2D eigenvalue weighted by molar-refractivity contribution is 0.0551. The van der Waals surface area contributed by atoms with Crippen molar-refractivity contribution in [3.63, 3.8) is 0 Å². The Morgan fingerprint density at radius 1 is 1.30 bits per heavy atom. The third kappa shape index (κ3) is 4.47. The largest absolute Gasteiger partial charge is 0.497 e. The maximum atomic E-state index is 6.29. The lowest BCUT2D eigenvalue weighted by Crippen LogP contribution is -2.34. The number of ether oxygens (including phenoxy) is 2. The number of rotatable bonds is 6. The number of methoxy groups -OCH3 is 1. The second-order valence-corrected chi connectivity index (χ2v) is 5.66. The van der Waals surface area contributed by atoms with E-state index in [1.54, 1.807) is 7.11 Å². The average molecular weight is 278 g/mol. The average Bonchev–Trinajstić information content (AvgIpc) is 2.48. The summed E-state index contributed by atoms with van der Waals surface area (Å²) < 4.78 is 10.6. The van der Waals surface area contributed by atoms with E-state index < -0.39 is 0 Å². The number of nitrogens with zero attached hydrogens (tertiary/aromatic N) is 1. The van der Waals surface area contributed by atoms with Gasteiger partial charge in [0.15, 0.2) is 0 Å². The number of likely N-dealkylation sites (N-methyl/N-ethyl adjacent to an activating group) is 1. The molecule has 2 rings (SSSR count). The van der Waals surface area contributed by atoms with Gasteiger partial charge < -0.3 is 20.1 Å². The summed E-state index contributed by atoms with van der Waals surface area (Å²) in [6, 6.07) is 8.07. The third-order valence-corrected chi connectivity index (χ3v) is 3.96. The van der Waals surface area contributed by atoms with Crippen molar-refractivity contribution in [3.05, 3.63) is 29.8 Å². The van der Waals surface area contributed by atoms with Crippen LogP contribution in [0.4, 0.5) is 0 Å². The summed E-state index contributed by atoms with van der Waals surface area (Å²) in [5.74, 6) is 1.62. The van der Waals surface area contributed by atoms with E-state index in [-0.39, 0.29) is 6.04 Å². The highest BCUT2D eigenvalue weighted by atomic mass is 16.5. The van der Waals surface area contributed by atoms with E-state index in [1.165, 1.54) is 12.8 Å². The van der Waals surface area contributed by atoms with Gasteiger partial charge in [-0.05, 0) is 43.5 Å². The van der Waals surface area contributed by atoms with Crippen molar-refractivity contribution in [2.24, 2.45) is 11.7 Å². The maximum absolute atomic E-state index is 6.29. The van der Waals surface area contributed by atoms with Crippen LogP contribution in [0.5, 0.6) is 5.75 Å². The van der Waals surface area contributed by atoms with Crippen molar-refractivity contribution >= 4 is 0 Å². The fourth-order valence-electron chi connectivity index (χ4n) is 2.74. The van der Waals surface area contributed by atoms with Crippen LogP contribution in [0.1, 0.15) is 24.4 Å². The Morgan fingerprint density at radius 3 is 2.55 bits per heavy atom. The first-order valence-corrected chi connectivity index (χ1v) is 7.35. The Labute approximate surface area is 121 Å². The highest BCUT2D eigenvalue weighted by Gasteiger charge is 2.17. The second kappa shape index (κ2) is 7.62. The Hall–Kier alpha value is -1.10. The van der Waals surface area contributed by atoms with Crippen molar-refractivity contribution in [2.75, 3.05) is 40.5 Å². The third-order valence-electron chi connectivity index (χ3n) is 3.96. The molecule has 0 aromatic heterocycles. The normalized spacial score (nSPS) is 18.2. The van der Waals surface area contributed by atoms with Gasteiger partial charge in [-0.1, -0.05) is 12.1 Å². The zero-order chi connectivity index (χ0) is 14.4. The number of nitrogens with two attached hydrogens (primary N) is 1. The van der Waals surface area contributed by atoms with Crippen LogP contribution in [0.25, 0.3) is 0 Å². The monoisotopic (exact) mass is 278 g/mol. The minimum Gasteiger partial charge on any atom is -0.497 e. The molecule has 20 heavy (non-hydrogen) atoms. The molecule has 1 aromatic carbocycles. The summed E-state index contributed by atoms with van der Waals surface area (Å²) in [6.45, 7) is 3.79. The van der Waals surface area contributed by atoms with E-state index in [0.717, 1.165) is 43.5 Å². The summed E-state index contributed by atoms with van der Waals surface area (Å²) >= 11 is 0. The first kappa shape index (κ1) is 15.3. The SMILES string of the molecule is COc1ccc(C(N)CN(C)CC2CCOCC2)cc1. The zero-order valence-electron chi connectivity index (χ0n) is 12.5. The van der Waals surface area contributed by atoms with Gasteiger partial charge in [0.05, 0.1) is 7.11 Å². The predicted octanol–water partition coefficient (Wildman–Crippen LogP) is 2.05. The van der Waals surface area contributed by atoms with Gasteiger partial charge >= 0.3 is 0 Å². The van der Waals surface area contributed by atoms with Crippen molar-refractivity contribution < 1.29 is 9.47 Å². The van der Waals surface area contributed by atoms with Gasteiger partial charge in [0.1, 0.15) is 5.75 Å². The fourth-order valence-corrected chi connectivity index (χ4v) is 2.74. The first-order valence-electron chi connectivity index (χ1n) is 7.35. The van der Waals surface area contributed by atoms with Crippen molar-refractivity contribution in [1.82, 2.24) is 4.90 Å². The molecule has 1 atom stereocenters. The van der Waals surface area contributed by atoms with Gasteiger partial charge in [0.2, 0.25) is 0 Å². The lowest BCUT2D eigenvalue weighted by atomic mass is 9.99. The molecule has 1 saturated heterocycles. The summed E-state index contributed by atoms with van der Waals surface area (Å²) in [6.07, 6.45) is 2.34. The van der Waals surface area contributed by atoms with E-state index in [4.69, 9.17) is 15.2 Å². The minimum atomic E-state index is 0.0470. The maximum Gasteiger partial charge on any atom is 0.118 e. The van der Waals surface area contributed by atoms with Crippen molar-refractivity contribution in [1.29, 1.82) is 0 Å². The van der Waals surface area contributed by atoms with Crippen LogP contribution in [-0.4, -0.2) is 45.4 Å². The van der Waals surface area contributed by atoms with Gasteiger partial charge in [-0.25, -0.2) is 0 Å². The van der Waals surface area contributed by atoms with Gasteiger partial charge in [-0.2, -0.15) is 0 Å². The summed E-state index contributed by atoms with van der Waals surface area (Å²) in [5, 5.41) is 0. The number of benzene rings is 1. The van der Waals surface area contributed by atoms with Crippen LogP contribution in [0, 0.1) is 5.92 Å². The number of hydrogen-bond donors (Lipinski definition) is 1. The van der Waals surface area contributed by atoms with Crippen molar-refractivity contribution in [3.8, 4) is 5.75 Å². The Kier molecular flexibility index (Phi) is 5.83. The Bertz CT molecular complexity index is 388. The van der Waals surface area contributed by atoms with E-state index in [1.807, 2.05) is 24.3 Å². The molecular formula is C16H26N2O2. The van der Waals surface area contributed by atoms with Crippen molar-refractivity contribution in [2.45, 2.75) is 18.9 Å². The van der Waals surface area contributed by atoms with Gasteiger partial charge in [0.25, 0.3) is 0 Å². The fraction of sp³-hybridized carbons (Fsp3) is 0.625. The molecule has 2 N–H and O–H groups in total. The Balaban J connectivity index is 1.81. The quantitative estimate of drug-likeness (QED) is 0.865. The standard InChI is InChI=1S/C16H26N2O2/c1-18(11-13-7-9-20-10-8-13)12-16(17)14-3-5-15(19-2)6-4-14/h3-6,13,16H,7-12,17H2,1-2H3. The number of hydrogen-bond acceptors (Lipinski definition) is 4. The minimum absolute atomic E-state index is 0.0470. The highest BCUT2D eigenvalue weighted by molar-refractivity contribution is 5.29.